The minimum absolute atomic E-state index is 0.100. The van der Waals surface area contributed by atoms with E-state index < -0.39 is 0 Å². The quantitative estimate of drug-likeness (QED) is 0.628. The minimum Gasteiger partial charge on any atom is -0.354 e. The second-order valence-electron chi connectivity index (χ2n) is 8.28. The van der Waals surface area contributed by atoms with Gasteiger partial charge in [-0.05, 0) is 37.0 Å². The summed E-state index contributed by atoms with van der Waals surface area (Å²) in [6.07, 6.45) is 13.8. The van der Waals surface area contributed by atoms with Gasteiger partial charge < -0.3 is 5.32 Å². The van der Waals surface area contributed by atoms with E-state index in [1.807, 2.05) is 0 Å². The average Bonchev–Trinajstić information content (AvgIpc) is 3.24. The second kappa shape index (κ2) is 6.93. The lowest BCUT2D eigenvalue weighted by molar-refractivity contribution is -0.144. The molecule has 1 aliphatic heterocycles. The summed E-state index contributed by atoms with van der Waals surface area (Å²) in [5.41, 5.74) is 0. The molecule has 4 rings (SSSR count). The van der Waals surface area contributed by atoms with Crippen LogP contribution in [0.15, 0.2) is 12.2 Å². The Kier molecular flexibility index (Phi) is 4.65. The lowest BCUT2D eigenvalue weighted by Gasteiger charge is -2.21. The predicted molar refractivity (Wildman–Crippen MR) is 93.3 cm³/mol. The third-order valence-electron chi connectivity index (χ3n) is 6.68. The second-order valence-corrected chi connectivity index (χ2v) is 8.28. The number of likely N-dealkylation sites (tertiary alicyclic amines) is 1. The Balaban J connectivity index is 1.29. The lowest BCUT2D eigenvalue weighted by Crippen LogP contribution is -2.43. The van der Waals surface area contributed by atoms with Gasteiger partial charge in [-0.1, -0.05) is 44.3 Å². The molecule has 0 aromatic carbocycles. The molecule has 2 bridgehead atoms. The molecule has 0 radical (unpaired) electrons. The Morgan fingerprint density at radius 2 is 1.52 bits per heavy atom. The van der Waals surface area contributed by atoms with Crippen molar-refractivity contribution in [3.63, 3.8) is 0 Å². The normalized spacial score (nSPS) is 35.0. The highest BCUT2D eigenvalue weighted by molar-refractivity contribution is 6.08. The number of carbonyl (C=O) groups excluding carboxylic acids is 3. The molecular formula is C20H28N2O3. The standard InChI is InChI=1S/C20H28N2O3/c23-16(21-11-13-6-4-2-1-3-5-7-13)12-22-19(24)17-14-8-9-15(10-14)18(17)20(22)25/h8-9,13-15,17-18H,1-7,10-12H2,(H,21,23)/t14-,15-,17-,18+/m0/s1. The van der Waals surface area contributed by atoms with Crippen molar-refractivity contribution in [2.24, 2.45) is 29.6 Å². The van der Waals surface area contributed by atoms with Crippen molar-refractivity contribution in [1.82, 2.24) is 10.2 Å². The van der Waals surface area contributed by atoms with Gasteiger partial charge in [0.05, 0.1) is 11.8 Å². The fourth-order valence-corrected chi connectivity index (χ4v) is 5.32. The van der Waals surface area contributed by atoms with Gasteiger partial charge in [-0.15, -0.1) is 0 Å². The number of imide groups is 1. The largest absolute Gasteiger partial charge is 0.354 e. The molecule has 2 saturated carbocycles. The van der Waals surface area contributed by atoms with Crippen molar-refractivity contribution in [3.05, 3.63) is 12.2 Å². The van der Waals surface area contributed by atoms with E-state index in [0.29, 0.717) is 12.5 Å². The van der Waals surface area contributed by atoms with E-state index in [-0.39, 0.29) is 47.9 Å². The van der Waals surface area contributed by atoms with Crippen LogP contribution in [0.1, 0.15) is 51.4 Å². The Hall–Kier alpha value is -1.65. The van der Waals surface area contributed by atoms with Gasteiger partial charge in [0.1, 0.15) is 6.54 Å². The number of nitrogens with one attached hydrogen (secondary N) is 1. The molecule has 1 heterocycles. The number of hydrogen-bond acceptors (Lipinski definition) is 3. The van der Waals surface area contributed by atoms with E-state index in [2.05, 4.69) is 17.5 Å². The van der Waals surface area contributed by atoms with Crippen LogP contribution in [0.2, 0.25) is 0 Å². The smallest absolute Gasteiger partial charge is 0.240 e. The van der Waals surface area contributed by atoms with Crippen molar-refractivity contribution >= 4 is 17.7 Å². The number of amides is 3. The third-order valence-corrected chi connectivity index (χ3v) is 6.68. The molecule has 5 heteroatoms. The maximum absolute atomic E-state index is 12.6. The van der Waals surface area contributed by atoms with Gasteiger partial charge >= 0.3 is 0 Å². The summed E-state index contributed by atoms with van der Waals surface area (Å²) in [5, 5.41) is 2.97. The molecule has 3 aliphatic carbocycles. The first-order valence-corrected chi connectivity index (χ1v) is 9.95. The number of fused-ring (bicyclic) bond motifs is 5. The Morgan fingerprint density at radius 1 is 0.960 bits per heavy atom. The highest BCUT2D eigenvalue weighted by atomic mass is 16.2. The van der Waals surface area contributed by atoms with Crippen LogP contribution in [0.3, 0.4) is 0 Å². The van der Waals surface area contributed by atoms with E-state index in [4.69, 9.17) is 0 Å². The van der Waals surface area contributed by atoms with Crippen molar-refractivity contribution in [3.8, 4) is 0 Å². The number of hydrogen-bond donors (Lipinski definition) is 1. The topological polar surface area (TPSA) is 66.5 Å². The number of rotatable bonds is 4. The summed E-state index contributed by atoms with van der Waals surface area (Å²) in [5.74, 6) is 0.0734. The van der Waals surface area contributed by atoms with E-state index in [1.54, 1.807) is 0 Å². The van der Waals surface area contributed by atoms with E-state index in [0.717, 1.165) is 6.42 Å². The molecule has 0 aromatic rings. The third kappa shape index (κ3) is 3.13. The highest BCUT2D eigenvalue weighted by Crippen LogP contribution is 2.52. The van der Waals surface area contributed by atoms with Gasteiger partial charge in [-0.3, -0.25) is 19.3 Å². The molecule has 0 aromatic heterocycles. The van der Waals surface area contributed by atoms with Crippen LogP contribution in [-0.2, 0) is 14.4 Å². The number of carbonyl (C=O) groups is 3. The van der Waals surface area contributed by atoms with Gasteiger partial charge in [0.25, 0.3) is 0 Å². The van der Waals surface area contributed by atoms with E-state index in [1.165, 1.54) is 49.8 Å². The van der Waals surface area contributed by atoms with Crippen LogP contribution < -0.4 is 5.32 Å². The summed E-state index contributed by atoms with van der Waals surface area (Å²) in [4.78, 5) is 38.7. The van der Waals surface area contributed by atoms with Gasteiger partial charge in [0, 0.05) is 6.54 Å². The van der Waals surface area contributed by atoms with Crippen LogP contribution >= 0.6 is 0 Å². The fraction of sp³-hybridized carbons (Fsp3) is 0.750. The minimum atomic E-state index is -0.207. The predicted octanol–water partition coefficient (Wildman–Crippen LogP) is 2.27. The molecule has 3 amide bonds. The zero-order valence-electron chi connectivity index (χ0n) is 14.8. The van der Waals surface area contributed by atoms with E-state index >= 15 is 0 Å². The lowest BCUT2D eigenvalue weighted by atomic mass is 9.85. The molecule has 3 fully saturated rings. The first kappa shape index (κ1) is 16.8. The molecule has 4 atom stereocenters. The summed E-state index contributed by atoms with van der Waals surface area (Å²) in [6, 6.07) is 0. The highest BCUT2D eigenvalue weighted by Gasteiger charge is 2.59. The van der Waals surface area contributed by atoms with Crippen molar-refractivity contribution < 1.29 is 14.4 Å². The molecule has 4 aliphatic rings. The van der Waals surface area contributed by atoms with Gasteiger partial charge in [0.15, 0.2) is 0 Å². The Morgan fingerprint density at radius 3 is 2.12 bits per heavy atom. The molecule has 25 heavy (non-hydrogen) atoms. The fourth-order valence-electron chi connectivity index (χ4n) is 5.32. The van der Waals surface area contributed by atoms with E-state index in [9.17, 15) is 14.4 Å². The van der Waals surface area contributed by atoms with Crippen molar-refractivity contribution in [2.45, 2.75) is 51.4 Å². The molecule has 1 N–H and O–H groups in total. The Labute approximate surface area is 149 Å². The summed E-state index contributed by atoms with van der Waals surface area (Å²) >= 11 is 0. The first-order chi connectivity index (χ1) is 12.1. The van der Waals surface area contributed by atoms with Crippen LogP contribution in [0.4, 0.5) is 0 Å². The molecular weight excluding hydrogens is 316 g/mol. The molecule has 1 saturated heterocycles. The molecule has 0 spiro atoms. The summed E-state index contributed by atoms with van der Waals surface area (Å²) < 4.78 is 0. The van der Waals surface area contributed by atoms with Gasteiger partial charge in [-0.25, -0.2) is 0 Å². The van der Waals surface area contributed by atoms with Crippen LogP contribution in [0.25, 0.3) is 0 Å². The van der Waals surface area contributed by atoms with Crippen LogP contribution in [0, 0.1) is 29.6 Å². The van der Waals surface area contributed by atoms with Crippen LogP contribution in [0.5, 0.6) is 0 Å². The zero-order chi connectivity index (χ0) is 17.4. The maximum atomic E-state index is 12.6. The summed E-state index contributed by atoms with van der Waals surface area (Å²) in [6.45, 7) is 0.575. The van der Waals surface area contributed by atoms with Crippen molar-refractivity contribution in [1.29, 1.82) is 0 Å². The molecule has 0 unspecified atom stereocenters. The monoisotopic (exact) mass is 344 g/mol. The number of nitrogens with zero attached hydrogens (tertiary/aromatic N) is 1. The van der Waals surface area contributed by atoms with Crippen molar-refractivity contribution in [2.75, 3.05) is 13.1 Å². The summed E-state index contributed by atoms with van der Waals surface area (Å²) in [7, 11) is 0. The van der Waals surface area contributed by atoms with Crippen LogP contribution in [-0.4, -0.2) is 35.7 Å². The first-order valence-electron chi connectivity index (χ1n) is 9.95. The number of allylic oxidation sites excluding steroid dienone is 2. The maximum Gasteiger partial charge on any atom is 0.240 e. The molecule has 136 valence electrons. The van der Waals surface area contributed by atoms with Gasteiger partial charge in [-0.2, -0.15) is 0 Å². The van der Waals surface area contributed by atoms with Gasteiger partial charge in [0.2, 0.25) is 17.7 Å². The molecule has 5 nitrogen and oxygen atoms in total. The average molecular weight is 344 g/mol. The SMILES string of the molecule is O=C(CN1C(=O)[C@@H]2[C@H](C1=O)[C@H]1C=C[C@H]2C1)NCC1CCCCCCC1. The zero-order valence-corrected chi connectivity index (χ0v) is 14.8. The Bertz CT molecular complexity index is 562.